The fraction of sp³-hybridized carbons (Fsp3) is 0. The van der Waals surface area contributed by atoms with Crippen LogP contribution in [0, 0.1) is 0 Å². The summed E-state index contributed by atoms with van der Waals surface area (Å²) in [5.74, 6) is 0.393. The Bertz CT molecular complexity index is 367. The van der Waals surface area contributed by atoms with Crippen molar-refractivity contribution in [2.45, 2.75) is 0 Å². The lowest BCUT2D eigenvalue weighted by Crippen LogP contribution is -1.97. The number of rotatable bonds is 1. The van der Waals surface area contributed by atoms with Gasteiger partial charge in [-0.3, -0.25) is 0 Å². The molecule has 0 aliphatic heterocycles. The topological polar surface area (TPSA) is 80.5 Å². The average molecular weight is 161 g/mol. The standard InChI is InChI=1S/C7H7N5/c8-7-6(12-11-4-10-7)5-1-2-9-3-5/h1-4,9H,(H2,8,10,11). The van der Waals surface area contributed by atoms with Crippen LogP contribution in [0.5, 0.6) is 0 Å². The lowest BCUT2D eigenvalue weighted by Gasteiger charge is -1.96. The van der Waals surface area contributed by atoms with Crippen LogP contribution in [-0.2, 0) is 0 Å². The normalized spacial score (nSPS) is 10.0. The third-order valence-corrected chi connectivity index (χ3v) is 1.52. The lowest BCUT2D eigenvalue weighted by molar-refractivity contribution is 0.983. The Hall–Kier alpha value is -1.91. The van der Waals surface area contributed by atoms with Gasteiger partial charge in [0.1, 0.15) is 12.0 Å². The summed E-state index contributed by atoms with van der Waals surface area (Å²) in [5.41, 5.74) is 7.09. The van der Waals surface area contributed by atoms with Gasteiger partial charge < -0.3 is 10.7 Å². The Labute approximate surface area is 68.7 Å². The Balaban J connectivity index is 2.55. The number of anilines is 1. The number of nitrogens with zero attached hydrogens (tertiary/aromatic N) is 3. The first-order valence-corrected chi connectivity index (χ1v) is 3.44. The van der Waals surface area contributed by atoms with Crippen molar-refractivity contribution >= 4 is 5.82 Å². The molecular formula is C7H7N5. The summed E-state index contributed by atoms with van der Waals surface area (Å²) in [4.78, 5) is 6.73. The monoisotopic (exact) mass is 161 g/mol. The molecule has 2 rings (SSSR count). The van der Waals surface area contributed by atoms with Crippen LogP contribution < -0.4 is 5.73 Å². The van der Waals surface area contributed by atoms with Gasteiger partial charge in [0.25, 0.3) is 0 Å². The SMILES string of the molecule is Nc1ncnnc1-c1cc[nH]c1. The summed E-state index contributed by atoms with van der Waals surface area (Å²) in [6.07, 6.45) is 4.91. The molecule has 3 N–H and O–H groups in total. The molecule has 0 saturated heterocycles. The van der Waals surface area contributed by atoms with Crippen molar-refractivity contribution in [1.82, 2.24) is 20.2 Å². The van der Waals surface area contributed by atoms with E-state index in [1.54, 1.807) is 12.4 Å². The quantitative estimate of drug-likeness (QED) is 0.636. The molecule has 2 aromatic heterocycles. The van der Waals surface area contributed by atoms with Crippen molar-refractivity contribution < 1.29 is 0 Å². The van der Waals surface area contributed by atoms with Gasteiger partial charge in [-0.15, -0.1) is 10.2 Å². The third-order valence-electron chi connectivity index (χ3n) is 1.52. The lowest BCUT2D eigenvalue weighted by atomic mass is 10.2. The number of aromatic amines is 1. The summed E-state index contributed by atoms with van der Waals surface area (Å²) in [6.45, 7) is 0. The van der Waals surface area contributed by atoms with Crippen LogP contribution >= 0.6 is 0 Å². The van der Waals surface area contributed by atoms with Gasteiger partial charge in [0.2, 0.25) is 0 Å². The minimum atomic E-state index is 0.393. The third kappa shape index (κ3) is 1.01. The highest BCUT2D eigenvalue weighted by Crippen LogP contribution is 2.18. The van der Waals surface area contributed by atoms with Crippen molar-refractivity contribution in [3.05, 3.63) is 24.8 Å². The molecule has 0 aliphatic rings. The summed E-state index contributed by atoms with van der Waals surface area (Å²) < 4.78 is 0. The molecule has 0 bridgehead atoms. The first-order valence-electron chi connectivity index (χ1n) is 3.44. The van der Waals surface area contributed by atoms with E-state index in [1.807, 2.05) is 6.07 Å². The maximum Gasteiger partial charge on any atom is 0.153 e. The molecule has 5 heteroatoms. The van der Waals surface area contributed by atoms with Gasteiger partial charge in [-0.1, -0.05) is 0 Å². The summed E-state index contributed by atoms with van der Waals surface area (Å²) in [6, 6.07) is 1.86. The molecule has 5 nitrogen and oxygen atoms in total. The zero-order valence-corrected chi connectivity index (χ0v) is 6.23. The fourth-order valence-corrected chi connectivity index (χ4v) is 0.961. The number of hydrogen-bond donors (Lipinski definition) is 2. The molecule has 0 fully saturated rings. The van der Waals surface area contributed by atoms with Crippen molar-refractivity contribution in [1.29, 1.82) is 0 Å². The summed E-state index contributed by atoms with van der Waals surface area (Å²) in [5, 5.41) is 7.51. The van der Waals surface area contributed by atoms with E-state index in [9.17, 15) is 0 Å². The number of nitrogens with one attached hydrogen (secondary N) is 1. The highest BCUT2D eigenvalue weighted by molar-refractivity contribution is 5.67. The molecule has 2 aromatic rings. The molecule has 0 spiro atoms. The smallest absolute Gasteiger partial charge is 0.153 e. The molecular weight excluding hydrogens is 154 g/mol. The van der Waals surface area contributed by atoms with E-state index in [0.717, 1.165) is 5.56 Å². The number of hydrogen-bond acceptors (Lipinski definition) is 4. The number of H-pyrrole nitrogens is 1. The molecule has 0 aromatic carbocycles. The zero-order chi connectivity index (χ0) is 8.39. The largest absolute Gasteiger partial charge is 0.382 e. The predicted octanol–water partition coefficient (Wildman–Crippen LogP) is 0.449. The highest BCUT2D eigenvalue weighted by atomic mass is 15.2. The van der Waals surface area contributed by atoms with E-state index >= 15 is 0 Å². The summed E-state index contributed by atoms with van der Waals surface area (Å²) >= 11 is 0. The highest BCUT2D eigenvalue weighted by Gasteiger charge is 2.04. The van der Waals surface area contributed by atoms with Gasteiger partial charge >= 0.3 is 0 Å². The maximum absolute atomic E-state index is 5.58. The fourth-order valence-electron chi connectivity index (χ4n) is 0.961. The molecule has 0 saturated carbocycles. The minimum absolute atomic E-state index is 0.393. The van der Waals surface area contributed by atoms with E-state index in [-0.39, 0.29) is 0 Å². The van der Waals surface area contributed by atoms with Crippen LogP contribution in [-0.4, -0.2) is 20.2 Å². The van der Waals surface area contributed by atoms with E-state index in [1.165, 1.54) is 6.33 Å². The Morgan fingerprint density at radius 3 is 3.00 bits per heavy atom. The Morgan fingerprint density at radius 1 is 1.42 bits per heavy atom. The van der Waals surface area contributed by atoms with E-state index in [2.05, 4.69) is 20.2 Å². The van der Waals surface area contributed by atoms with Gasteiger partial charge in [-0.2, -0.15) is 0 Å². The van der Waals surface area contributed by atoms with E-state index < -0.39 is 0 Å². The van der Waals surface area contributed by atoms with Crippen LogP contribution in [0.25, 0.3) is 11.3 Å². The zero-order valence-electron chi connectivity index (χ0n) is 6.23. The van der Waals surface area contributed by atoms with Crippen molar-refractivity contribution in [3.8, 4) is 11.3 Å². The Morgan fingerprint density at radius 2 is 2.33 bits per heavy atom. The molecule has 0 aliphatic carbocycles. The maximum atomic E-state index is 5.58. The number of aromatic nitrogens is 4. The second-order valence-electron chi connectivity index (χ2n) is 2.29. The molecule has 0 atom stereocenters. The number of nitrogens with two attached hydrogens (primary N) is 1. The predicted molar refractivity (Wildman–Crippen MR) is 44.0 cm³/mol. The van der Waals surface area contributed by atoms with Crippen molar-refractivity contribution in [2.24, 2.45) is 0 Å². The van der Waals surface area contributed by atoms with Gasteiger partial charge in [0, 0.05) is 18.0 Å². The van der Waals surface area contributed by atoms with Crippen LogP contribution in [0.4, 0.5) is 5.82 Å². The van der Waals surface area contributed by atoms with Crippen molar-refractivity contribution in [2.75, 3.05) is 5.73 Å². The van der Waals surface area contributed by atoms with Gasteiger partial charge in [-0.25, -0.2) is 4.98 Å². The van der Waals surface area contributed by atoms with Crippen LogP contribution in [0.15, 0.2) is 24.8 Å². The summed E-state index contributed by atoms with van der Waals surface area (Å²) in [7, 11) is 0. The first-order chi connectivity index (χ1) is 5.88. The van der Waals surface area contributed by atoms with E-state index in [0.29, 0.717) is 11.5 Å². The van der Waals surface area contributed by atoms with Crippen LogP contribution in [0.1, 0.15) is 0 Å². The minimum Gasteiger partial charge on any atom is -0.382 e. The molecule has 0 amide bonds. The van der Waals surface area contributed by atoms with Crippen molar-refractivity contribution in [3.63, 3.8) is 0 Å². The first kappa shape index (κ1) is 6.78. The van der Waals surface area contributed by atoms with Crippen LogP contribution in [0.3, 0.4) is 0 Å². The molecule has 12 heavy (non-hydrogen) atoms. The molecule has 2 heterocycles. The van der Waals surface area contributed by atoms with Crippen LogP contribution in [0.2, 0.25) is 0 Å². The van der Waals surface area contributed by atoms with Gasteiger partial charge in [0.15, 0.2) is 5.82 Å². The average Bonchev–Trinajstić information content (AvgIpc) is 2.57. The second kappa shape index (κ2) is 2.61. The van der Waals surface area contributed by atoms with Gasteiger partial charge in [0.05, 0.1) is 0 Å². The van der Waals surface area contributed by atoms with E-state index in [4.69, 9.17) is 5.73 Å². The Kier molecular flexibility index (Phi) is 1.48. The molecule has 0 radical (unpaired) electrons. The molecule has 0 unspecified atom stereocenters. The van der Waals surface area contributed by atoms with Gasteiger partial charge in [-0.05, 0) is 6.07 Å². The molecule has 60 valence electrons. The second-order valence-corrected chi connectivity index (χ2v) is 2.29. The number of nitrogen functional groups attached to an aromatic ring is 1.